The topological polar surface area (TPSA) is 34.4 Å². The van der Waals surface area contributed by atoms with Gasteiger partial charge in [0.15, 0.2) is 0 Å². The Labute approximate surface area is 114 Å². The number of nitrogens with one attached hydrogen (secondary N) is 1. The molecule has 104 valence electrons. The summed E-state index contributed by atoms with van der Waals surface area (Å²) in [5, 5.41) is 4.40. The predicted molar refractivity (Wildman–Crippen MR) is 78.8 cm³/mol. The molecule has 0 aliphatic carbocycles. The van der Waals surface area contributed by atoms with E-state index < -0.39 is 0 Å². The summed E-state index contributed by atoms with van der Waals surface area (Å²) in [5.74, 6) is 1.85. The average Bonchev–Trinajstić information content (AvgIpc) is 2.76. The van der Waals surface area contributed by atoms with E-state index in [0.717, 1.165) is 35.6 Å². The molecule has 3 heteroatoms. The molecule has 1 N–H and O–H groups in total. The summed E-state index contributed by atoms with van der Waals surface area (Å²) in [5.41, 5.74) is 2.19. The Kier molecular flexibility index (Phi) is 3.85. The van der Waals surface area contributed by atoms with Crippen molar-refractivity contribution in [3.8, 4) is 5.75 Å². The molecule has 0 aliphatic heterocycles. The Bertz CT molecular complexity index is 564. The molecule has 1 heterocycles. The lowest BCUT2D eigenvalue weighted by Gasteiger charge is -2.20. The van der Waals surface area contributed by atoms with Crippen LogP contribution in [0.3, 0.4) is 0 Å². The minimum absolute atomic E-state index is 0.0279. The van der Waals surface area contributed by atoms with E-state index in [2.05, 4.69) is 45.1 Å². The Morgan fingerprint density at radius 2 is 1.95 bits per heavy atom. The largest absolute Gasteiger partial charge is 0.497 e. The van der Waals surface area contributed by atoms with Crippen LogP contribution in [0.1, 0.15) is 39.0 Å². The van der Waals surface area contributed by atoms with Gasteiger partial charge in [0.25, 0.3) is 0 Å². The van der Waals surface area contributed by atoms with Crippen LogP contribution in [-0.2, 0) is 12.0 Å². The van der Waals surface area contributed by atoms with E-state index in [9.17, 15) is 0 Å². The lowest BCUT2D eigenvalue weighted by atomic mass is 9.86. The van der Waals surface area contributed by atoms with Crippen LogP contribution in [0, 0.1) is 0 Å². The van der Waals surface area contributed by atoms with Crippen LogP contribution >= 0.6 is 0 Å². The molecule has 3 nitrogen and oxygen atoms in total. The van der Waals surface area contributed by atoms with Crippen molar-refractivity contribution in [3.05, 3.63) is 29.5 Å². The minimum atomic E-state index is 0.0279. The van der Waals surface area contributed by atoms with Gasteiger partial charge in [0.05, 0.1) is 13.7 Å². The summed E-state index contributed by atoms with van der Waals surface area (Å²) >= 11 is 0. The first-order chi connectivity index (χ1) is 8.95. The molecular weight excluding hydrogens is 238 g/mol. The second kappa shape index (κ2) is 5.25. The summed E-state index contributed by atoms with van der Waals surface area (Å²) in [6.07, 6.45) is 0. The Hall–Kier alpha value is -1.48. The maximum Gasteiger partial charge on any atom is 0.138 e. The van der Waals surface area contributed by atoms with E-state index in [0.29, 0.717) is 0 Å². The molecule has 2 rings (SSSR count). The number of fused-ring (bicyclic) bond motifs is 1. The lowest BCUT2D eigenvalue weighted by Crippen LogP contribution is -2.12. The van der Waals surface area contributed by atoms with Gasteiger partial charge in [-0.25, -0.2) is 0 Å². The van der Waals surface area contributed by atoms with Gasteiger partial charge in [0.1, 0.15) is 17.1 Å². The maximum atomic E-state index is 6.01. The van der Waals surface area contributed by atoms with Crippen LogP contribution in [-0.4, -0.2) is 13.7 Å². The molecule has 0 unspecified atom stereocenters. The first kappa shape index (κ1) is 13.9. The van der Waals surface area contributed by atoms with E-state index in [-0.39, 0.29) is 5.41 Å². The molecule has 2 aromatic rings. The Balaban J connectivity index is 2.55. The molecule has 1 aromatic heterocycles. The number of hydrogen-bond acceptors (Lipinski definition) is 3. The van der Waals surface area contributed by atoms with Gasteiger partial charge in [-0.1, -0.05) is 27.7 Å². The third-order valence-corrected chi connectivity index (χ3v) is 3.23. The molecule has 0 bridgehead atoms. The van der Waals surface area contributed by atoms with Gasteiger partial charge in [-0.05, 0) is 30.2 Å². The molecular formula is C16H23NO2. The SMILES string of the molecule is CCNCc1cc2cc(OC)cc(C(C)(C)C)c2o1. The molecule has 19 heavy (non-hydrogen) atoms. The molecule has 0 radical (unpaired) electrons. The van der Waals surface area contributed by atoms with Gasteiger partial charge < -0.3 is 14.5 Å². The van der Waals surface area contributed by atoms with Gasteiger partial charge >= 0.3 is 0 Å². The van der Waals surface area contributed by atoms with Crippen LogP contribution in [0.5, 0.6) is 5.75 Å². The minimum Gasteiger partial charge on any atom is -0.497 e. The van der Waals surface area contributed by atoms with Crippen molar-refractivity contribution in [2.75, 3.05) is 13.7 Å². The Morgan fingerprint density at radius 1 is 1.21 bits per heavy atom. The molecule has 0 atom stereocenters. The van der Waals surface area contributed by atoms with Crippen molar-refractivity contribution >= 4 is 11.0 Å². The van der Waals surface area contributed by atoms with E-state index in [4.69, 9.17) is 9.15 Å². The quantitative estimate of drug-likeness (QED) is 0.907. The van der Waals surface area contributed by atoms with Gasteiger partial charge in [-0.3, -0.25) is 0 Å². The van der Waals surface area contributed by atoms with Crippen LogP contribution in [0.4, 0.5) is 0 Å². The zero-order valence-corrected chi connectivity index (χ0v) is 12.5. The number of rotatable bonds is 4. The van der Waals surface area contributed by atoms with Crippen molar-refractivity contribution in [2.45, 2.75) is 39.7 Å². The van der Waals surface area contributed by atoms with Crippen molar-refractivity contribution in [3.63, 3.8) is 0 Å². The van der Waals surface area contributed by atoms with Gasteiger partial charge in [0.2, 0.25) is 0 Å². The van der Waals surface area contributed by atoms with E-state index in [1.807, 2.05) is 6.07 Å². The molecule has 0 aliphatic rings. The summed E-state index contributed by atoms with van der Waals surface area (Å²) in [6, 6.07) is 6.20. The zero-order valence-electron chi connectivity index (χ0n) is 12.5. The number of benzene rings is 1. The van der Waals surface area contributed by atoms with E-state index >= 15 is 0 Å². The number of furan rings is 1. The highest BCUT2D eigenvalue weighted by Gasteiger charge is 2.21. The smallest absolute Gasteiger partial charge is 0.138 e. The summed E-state index contributed by atoms with van der Waals surface area (Å²) < 4.78 is 11.4. The van der Waals surface area contributed by atoms with Crippen LogP contribution in [0.2, 0.25) is 0 Å². The number of methoxy groups -OCH3 is 1. The highest BCUT2D eigenvalue weighted by Crippen LogP contribution is 2.35. The normalized spacial score (nSPS) is 12.1. The van der Waals surface area contributed by atoms with Crippen LogP contribution < -0.4 is 10.1 Å². The van der Waals surface area contributed by atoms with Gasteiger partial charge in [-0.15, -0.1) is 0 Å². The third-order valence-electron chi connectivity index (χ3n) is 3.23. The van der Waals surface area contributed by atoms with Crippen molar-refractivity contribution in [1.29, 1.82) is 0 Å². The van der Waals surface area contributed by atoms with Crippen molar-refractivity contribution in [2.24, 2.45) is 0 Å². The molecule has 0 saturated heterocycles. The average molecular weight is 261 g/mol. The third kappa shape index (κ3) is 2.92. The second-order valence-corrected chi connectivity index (χ2v) is 5.84. The summed E-state index contributed by atoms with van der Waals surface area (Å²) in [6.45, 7) is 10.4. The number of hydrogen-bond donors (Lipinski definition) is 1. The fraction of sp³-hybridized carbons (Fsp3) is 0.500. The zero-order chi connectivity index (χ0) is 14.0. The van der Waals surface area contributed by atoms with E-state index in [1.54, 1.807) is 7.11 Å². The molecule has 0 saturated carbocycles. The van der Waals surface area contributed by atoms with Gasteiger partial charge in [0, 0.05) is 10.9 Å². The van der Waals surface area contributed by atoms with Gasteiger partial charge in [-0.2, -0.15) is 0 Å². The lowest BCUT2D eigenvalue weighted by molar-refractivity contribution is 0.413. The first-order valence-corrected chi connectivity index (χ1v) is 6.77. The second-order valence-electron chi connectivity index (χ2n) is 5.84. The molecule has 0 spiro atoms. The van der Waals surface area contributed by atoms with Crippen molar-refractivity contribution < 1.29 is 9.15 Å². The molecule has 1 aromatic carbocycles. The highest BCUT2D eigenvalue weighted by atomic mass is 16.5. The summed E-state index contributed by atoms with van der Waals surface area (Å²) in [4.78, 5) is 0. The van der Waals surface area contributed by atoms with Crippen molar-refractivity contribution in [1.82, 2.24) is 5.32 Å². The van der Waals surface area contributed by atoms with Crippen LogP contribution in [0.25, 0.3) is 11.0 Å². The maximum absolute atomic E-state index is 6.01. The first-order valence-electron chi connectivity index (χ1n) is 6.77. The molecule has 0 fully saturated rings. The monoisotopic (exact) mass is 261 g/mol. The van der Waals surface area contributed by atoms with Crippen LogP contribution in [0.15, 0.2) is 22.6 Å². The fourth-order valence-corrected chi connectivity index (χ4v) is 2.19. The summed E-state index contributed by atoms with van der Waals surface area (Å²) in [7, 11) is 1.70. The van der Waals surface area contributed by atoms with E-state index in [1.165, 1.54) is 5.56 Å². The molecule has 0 amide bonds. The number of ether oxygens (including phenoxy) is 1. The Morgan fingerprint density at radius 3 is 2.53 bits per heavy atom. The predicted octanol–water partition coefficient (Wildman–Crippen LogP) is 3.85. The fourth-order valence-electron chi connectivity index (χ4n) is 2.19. The highest BCUT2D eigenvalue weighted by molar-refractivity contribution is 5.84. The standard InChI is InChI=1S/C16H23NO2/c1-6-17-10-13-8-11-7-12(18-5)9-14(15(11)19-13)16(2,3)4/h7-9,17H,6,10H2,1-5H3.